The van der Waals surface area contributed by atoms with Gasteiger partial charge in [0, 0.05) is 29.9 Å². The van der Waals surface area contributed by atoms with Crippen molar-refractivity contribution >= 4 is 16.6 Å². The highest BCUT2D eigenvalue weighted by Gasteiger charge is 2.12. The topological polar surface area (TPSA) is 42.1 Å². The van der Waals surface area contributed by atoms with Crippen LogP contribution in [-0.2, 0) is 0 Å². The first-order valence-electron chi connectivity index (χ1n) is 6.54. The van der Waals surface area contributed by atoms with Crippen LogP contribution in [0.15, 0.2) is 36.5 Å². The third-order valence-electron chi connectivity index (χ3n) is 3.16. The Kier molecular flexibility index (Phi) is 4.15. The average Bonchev–Trinajstić information content (AvgIpc) is 2.39. The van der Waals surface area contributed by atoms with E-state index >= 15 is 0 Å². The third-order valence-corrected chi connectivity index (χ3v) is 3.16. The molecule has 1 aromatic heterocycles. The number of nitrogens with zero attached hydrogens (tertiary/aromatic N) is 2. The number of anilines is 1. The molecular formula is C15H21N3. The van der Waals surface area contributed by atoms with Gasteiger partial charge in [0.15, 0.2) is 0 Å². The van der Waals surface area contributed by atoms with E-state index in [1.807, 2.05) is 12.3 Å². The summed E-state index contributed by atoms with van der Waals surface area (Å²) in [5.74, 6) is 0. The monoisotopic (exact) mass is 243 g/mol. The number of hydrogen-bond acceptors (Lipinski definition) is 3. The zero-order chi connectivity index (χ0) is 13.0. The maximum atomic E-state index is 5.63. The summed E-state index contributed by atoms with van der Waals surface area (Å²) in [4.78, 5) is 6.81. The first-order valence-corrected chi connectivity index (χ1v) is 6.54. The minimum Gasteiger partial charge on any atom is -0.368 e. The lowest BCUT2D eigenvalue weighted by Crippen LogP contribution is -2.33. The van der Waals surface area contributed by atoms with Crippen LogP contribution in [-0.4, -0.2) is 24.1 Å². The van der Waals surface area contributed by atoms with Gasteiger partial charge in [0.1, 0.15) is 0 Å². The van der Waals surface area contributed by atoms with Gasteiger partial charge in [-0.2, -0.15) is 0 Å². The molecule has 1 aromatic carbocycles. The molecule has 0 bridgehead atoms. The molecule has 0 aliphatic carbocycles. The Hall–Kier alpha value is -1.61. The zero-order valence-corrected chi connectivity index (χ0v) is 11.1. The molecule has 0 saturated carbocycles. The van der Waals surface area contributed by atoms with E-state index in [9.17, 15) is 0 Å². The summed E-state index contributed by atoms with van der Waals surface area (Å²) in [6.07, 6.45) is 2.89. The first-order chi connectivity index (χ1) is 8.74. The molecule has 0 unspecified atom stereocenters. The Morgan fingerprint density at radius 3 is 2.72 bits per heavy atom. The Morgan fingerprint density at radius 2 is 2.00 bits per heavy atom. The highest BCUT2D eigenvalue weighted by Crippen LogP contribution is 2.26. The van der Waals surface area contributed by atoms with Crippen molar-refractivity contribution in [1.82, 2.24) is 4.98 Å². The SMILES string of the molecule is CC(C)N(CCCN)c1ccnc2ccccc12. The molecule has 0 fully saturated rings. The van der Waals surface area contributed by atoms with Gasteiger partial charge in [-0.1, -0.05) is 18.2 Å². The predicted molar refractivity (Wildman–Crippen MR) is 77.9 cm³/mol. The summed E-state index contributed by atoms with van der Waals surface area (Å²) in [5, 5.41) is 1.21. The molecule has 0 saturated heterocycles. The van der Waals surface area contributed by atoms with Gasteiger partial charge >= 0.3 is 0 Å². The van der Waals surface area contributed by atoms with Crippen molar-refractivity contribution in [3.05, 3.63) is 36.5 Å². The van der Waals surface area contributed by atoms with E-state index in [0.29, 0.717) is 6.04 Å². The fourth-order valence-electron chi connectivity index (χ4n) is 2.25. The highest BCUT2D eigenvalue weighted by molar-refractivity contribution is 5.91. The average molecular weight is 243 g/mol. The second-order valence-electron chi connectivity index (χ2n) is 4.78. The molecule has 0 radical (unpaired) electrons. The minimum atomic E-state index is 0.461. The number of fused-ring (bicyclic) bond motifs is 1. The molecular weight excluding hydrogens is 222 g/mol. The van der Waals surface area contributed by atoms with Crippen LogP contribution in [0.3, 0.4) is 0 Å². The summed E-state index contributed by atoms with van der Waals surface area (Å²) in [6.45, 7) is 6.14. The molecule has 3 heteroatoms. The first kappa shape index (κ1) is 12.8. The van der Waals surface area contributed by atoms with Gasteiger partial charge in [-0.15, -0.1) is 0 Å². The molecule has 0 spiro atoms. The van der Waals surface area contributed by atoms with Crippen LogP contribution in [0, 0.1) is 0 Å². The van der Waals surface area contributed by atoms with Crippen LogP contribution >= 0.6 is 0 Å². The number of pyridine rings is 1. The lowest BCUT2D eigenvalue weighted by atomic mass is 10.1. The van der Waals surface area contributed by atoms with Crippen LogP contribution in [0.4, 0.5) is 5.69 Å². The van der Waals surface area contributed by atoms with E-state index in [0.717, 1.165) is 25.0 Å². The van der Waals surface area contributed by atoms with Crippen molar-refractivity contribution in [3.8, 4) is 0 Å². The van der Waals surface area contributed by atoms with Gasteiger partial charge in [-0.05, 0) is 38.9 Å². The molecule has 0 aliphatic heterocycles. The normalized spacial score (nSPS) is 11.1. The summed E-state index contributed by atoms with van der Waals surface area (Å²) in [7, 11) is 0. The van der Waals surface area contributed by atoms with Crippen LogP contribution in [0.2, 0.25) is 0 Å². The summed E-state index contributed by atoms with van der Waals surface area (Å²) in [6, 6.07) is 10.8. The van der Waals surface area contributed by atoms with Crippen molar-refractivity contribution in [2.24, 2.45) is 5.73 Å². The number of rotatable bonds is 5. The fraction of sp³-hybridized carbons (Fsp3) is 0.400. The number of hydrogen-bond donors (Lipinski definition) is 1. The second kappa shape index (κ2) is 5.83. The molecule has 3 nitrogen and oxygen atoms in total. The van der Waals surface area contributed by atoms with Crippen molar-refractivity contribution in [1.29, 1.82) is 0 Å². The lowest BCUT2D eigenvalue weighted by Gasteiger charge is -2.30. The van der Waals surface area contributed by atoms with E-state index in [1.165, 1.54) is 11.1 Å². The van der Waals surface area contributed by atoms with Gasteiger partial charge in [0.25, 0.3) is 0 Å². The van der Waals surface area contributed by atoms with E-state index in [-0.39, 0.29) is 0 Å². The summed E-state index contributed by atoms with van der Waals surface area (Å²) < 4.78 is 0. The molecule has 2 aromatic rings. The van der Waals surface area contributed by atoms with Crippen LogP contribution < -0.4 is 10.6 Å². The molecule has 2 N–H and O–H groups in total. The van der Waals surface area contributed by atoms with Gasteiger partial charge in [-0.3, -0.25) is 4.98 Å². The van der Waals surface area contributed by atoms with Gasteiger partial charge in [0.05, 0.1) is 5.52 Å². The van der Waals surface area contributed by atoms with Crippen molar-refractivity contribution < 1.29 is 0 Å². The molecule has 1 heterocycles. The van der Waals surface area contributed by atoms with Crippen molar-refractivity contribution in [2.75, 3.05) is 18.0 Å². The Balaban J connectivity index is 2.43. The van der Waals surface area contributed by atoms with Crippen LogP contribution in [0.5, 0.6) is 0 Å². The number of benzene rings is 1. The number of nitrogens with two attached hydrogens (primary N) is 1. The molecule has 96 valence electrons. The maximum absolute atomic E-state index is 5.63. The Morgan fingerprint density at radius 1 is 1.22 bits per heavy atom. The molecule has 2 rings (SSSR count). The Labute approximate surface area is 109 Å². The predicted octanol–water partition coefficient (Wildman–Crippen LogP) is 2.80. The molecule has 0 amide bonds. The van der Waals surface area contributed by atoms with E-state index in [4.69, 9.17) is 5.73 Å². The van der Waals surface area contributed by atoms with E-state index < -0.39 is 0 Å². The summed E-state index contributed by atoms with van der Waals surface area (Å²) >= 11 is 0. The van der Waals surface area contributed by atoms with Crippen molar-refractivity contribution in [2.45, 2.75) is 26.3 Å². The van der Waals surface area contributed by atoms with Crippen LogP contribution in [0.1, 0.15) is 20.3 Å². The standard InChI is InChI=1S/C15H21N3/c1-12(2)18(11-5-9-16)15-8-10-17-14-7-4-3-6-13(14)15/h3-4,6-8,10,12H,5,9,11,16H2,1-2H3. The molecule has 0 atom stereocenters. The number of aromatic nitrogens is 1. The largest absolute Gasteiger partial charge is 0.368 e. The maximum Gasteiger partial charge on any atom is 0.0722 e. The molecule has 0 aliphatic rings. The van der Waals surface area contributed by atoms with Gasteiger partial charge < -0.3 is 10.6 Å². The lowest BCUT2D eigenvalue weighted by molar-refractivity contribution is 0.659. The zero-order valence-electron chi connectivity index (χ0n) is 11.1. The number of para-hydroxylation sites is 1. The summed E-state index contributed by atoms with van der Waals surface area (Å²) in [5.41, 5.74) is 7.93. The quantitative estimate of drug-likeness (QED) is 0.878. The van der Waals surface area contributed by atoms with E-state index in [1.54, 1.807) is 0 Å². The van der Waals surface area contributed by atoms with Gasteiger partial charge in [0.2, 0.25) is 0 Å². The minimum absolute atomic E-state index is 0.461. The van der Waals surface area contributed by atoms with Crippen molar-refractivity contribution in [3.63, 3.8) is 0 Å². The fourth-order valence-corrected chi connectivity index (χ4v) is 2.25. The molecule has 18 heavy (non-hydrogen) atoms. The smallest absolute Gasteiger partial charge is 0.0722 e. The Bertz CT molecular complexity index is 503. The highest BCUT2D eigenvalue weighted by atomic mass is 15.2. The second-order valence-corrected chi connectivity index (χ2v) is 4.78. The third kappa shape index (κ3) is 2.62. The van der Waals surface area contributed by atoms with E-state index in [2.05, 4.69) is 48.0 Å². The van der Waals surface area contributed by atoms with Gasteiger partial charge in [-0.25, -0.2) is 0 Å². The van der Waals surface area contributed by atoms with Crippen LogP contribution in [0.25, 0.3) is 10.9 Å².